The number of carbonyl (C=O) groups excluding carboxylic acids is 1. The second-order valence-electron chi connectivity index (χ2n) is 5.69. The molecule has 3 unspecified atom stereocenters. The number of hydrogen-bond donors (Lipinski definition) is 2. The van der Waals surface area contributed by atoms with Crippen LogP contribution in [0.3, 0.4) is 0 Å². The van der Waals surface area contributed by atoms with Crippen molar-refractivity contribution in [2.75, 3.05) is 11.9 Å². The Hall–Kier alpha value is -1.06. The summed E-state index contributed by atoms with van der Waals surface area (Å²) in [6, 6.07) is 7.85. The van der Waals surface area contributed by atoms with Crippen LogP contribution in [0.1, 0.15) is 25.7 Å². The zero-order valence-corrected chi connectivity index (χ0v) is 11.6. The van der Waals surface area contributed by atoms with Crippen molar-refractivity contribution in [2.24, 2.45) is 11.8 Å². The Morgan fingerprint density at radius 2 is 2.11 bits per heavy atom. The fraction of sp³-hybridized carbons (Fsp3) is 0.533. The van der Waals surface area contributed by atoms with Crippen molar-refractivity contribution >= 4 is 23.2 Å². The molecule has 2 saturated carbocycles. The zero-order chi connectivity index (χ0) is 13.2. The molecular formula is C15H19ClN2O. The van der Waals surface area contributed by atoms with Crippen LogP contribution in [0.5, 0.6) is 0 Å². The van der Waals surface area contributed by atoms with Crippen LogP contribution in [-0.4, -0.2) is 18.5 Å². The van der Waals surface area contributed by atoms with Crippen molar-refractivity contribution in [1.29, 1.82) is 0 Å². The maximum atomic E-state index is 11.9. The van der Waals surface area contributed by atoms with Gasteiger partial charge in [-0.3, -0.25) is 4.79 Å². The number of para-hydroxylation sites is 1. The molecule has 3 atom stereocenters. The summed E-state index contributed by atoms with van der Waals surface area (Å²) >= 11 is 6.01. The Morgan fingerprint density at radius 1 is 1.26 bits per heavy atom. The van der Waals surface area contributed by atoms with Gasteiger partial charge >= 0.3 is 0 Å². The van der Waals surface area contributed by atoms with E-state index in [4.69, 9.17) is 11.6 Å². The number of rotatable bonds is 4. The average Bonchev–Trinajstić information content (AvgIpc) is 3.01. The highest BCUT2D eigenvalue weighted by Crippen LogP contribution is 2.44. The first-order valence-electron chi connectivity index (χ1n) is 7.00. The van der Waals surface area contributed by atoms with Crippen molar-refractivity contribution in [1.82, 2.24) is 5.32 Å². The zero-order valence-electron chi connectivity index (χ0n) is 10.9. The van der Waals surface area contributed by atoms with E-state index in [-0.39, 0.29) is 5.91 Å². The lowest BCUT2D eigenvalue weighted by Crippen LogP contribution is -2.39. The molecule has 102 valence electrons. The van der Waals surface area contributed by atoms with Gasteiger partial charge in [-0.25, -0.2) is 0 Å². The predicted octanol–water partition coefficient (Wildman–Crippen LogP) is 3.06. The van der Waals surface area contributed by atoms with Gasteiger partial charge in [0.1, 0.15) is 0 Å². The van der Waals surface area contributed by atoms with Crippen molar-refractivity contribution in [2.45, 2.75) is 31.7 Å². The molecule has 3 nitrogen and oxygen atoms in total. The largest absolute Gasteiger partial charge is 0.324 e. The fourth-order valence-corrected chi connectivity index (χ4v) is 3.66. The van der Waals surface area contributed by atoms with Gasteiger partial charge in [0.25, 0.3) is 0 Å². The van der Waals surface area contributed by atoms with E-state index in [0.717, 1.165) is 11.8 Å². The first kappa shape index (κ1) is 12.9. The van der Waals surface area contributed by atoms with E-state index in [9.17, 15) is 4.79 Å². The molecule has 4 heteroatoms. The molecule has 0 aliphatic heterocycles. The summed E-state index contributed by atoms with van der Waals surface area (Å²) in [7, 11) is 0. The van der Waals surface area contributed by atoms with Crippen molar-refractivity contribution in [3.05, 3.63) is 29.3 Å². The standard InChI is InChI=1S/C15H19ClN2O/c16-12-3-1-2-4-13(12)18-15(19)9-17-14-8-10-5-6-11(14)7-10/h1-4,10-11,14,17H,5-9H2,(H,18,19). The average molecular weight is 279 g/mol. The van der Waals surface area contributed by atoms with Gasteiger partial charge in [0.2, 0.25) is 5.91 Å². The van der Waals surface area contributed by atoms with Crippen molar-refractivity contribution in [3.63, 3.8) is 0 Å². The van der Waals surface area contributed by atoms with Gasteiger partial charge in [0.05, 0.1) is 17.3 Å². The second kappa shape index (κ2) is 5.51. The van der Waals surface area contributed by atoms with Crippen LogP contribution >= 0.6 is 11.6 Å². The van der Waals surface area contributed by atoms with E-state index in [2.05, 4.69) is 10.6 Å². The Morgan fingerprint density at radius 3 is 2.79 bits per heavy atom. The van der Waals surface area contributed by atoms with Crippen LogP contribution < -0.4 is 10.6 Å². The third-order valence-corrected chi connectivity index (χ3v) is 4.74. The monoisotopic (exact) mass is 278 g/mol. The van der Waals surface area contributed by atoms with E-state index < -0.39 is 0 Å². The molecule has 2 aliphatic rings. The topological polar surface area (TPSA) is 41.1 Å². The third kappa shape index (κ3) is 2.93. The van der Waals surface area contributed by atoms with Gasteiger partial charge in [-0.1, -0.05) is 30.2 Å². The number of benzene rings is 1. The summed E-state index contributed by atoms with van der Waals surface area (Å²) in [6.45, 7) is 0.374. The summed E-state index contributed by atoms with van der Waals surface area (Å²) in [5.74, 6) is 1.67. The first-order valence-corrected chi connectivity index (χ1v) is 7.38. The number of fused-ring (bicyclic) bond motifs is 2. The third-order valence-electron chi connectivity index (χ3n) is 4.41. The lowest BCUT2D eigenvalue weighted by molar-refractivity contribution is -0.115. The Kier molecular flexibility index (Phi) is 3.76. The molecule has 2 fully saturated rings. The van der Waals surface area contributed by atoms with Crippen molar-refractivity contribution in [3.8, 4) is 0 Å². The SMILES string of the molecule is O=C(CNC1CC2CCC1C2)Nc1ccccc1Cl. The van der Waals surface area contributed by atoms with Gasteiger partial charge in [-0.05, 0) is 43.2 Å². The number of carbonyl (C=O) groups is 1. The summed E-state index contributed by atoms with van der Waals surface area (Å²) in [5, 5.41) is 6.82. The summed E-state index contributed by atoms with van der Waals surface area (Å²) < 4.78 is 0. The molecule has 0 heterocycles. The highest BCUT2D eigenvalue weighted by atomic mass is 35.5. The van der Waals surface area contributed by atoms with E-state index in [1.54, 1.807) is 6.07 Å². The van der Waals surface area contributed by atoms with Crippen LogP contribution in [0.25, 0.3) is 0 Å². The summed E-state index contributed by atoms with van der Waals surface area (Å²) in [4.78, 5) is 11.9. The van der Waals surface area contributed by atoms with Crippen LogP contribution in [0.2, 0.25) is 5.02 Å². The molecule has 19 heavy (non-hydrogen) atoms. The molecule has 0 spiro atoms. The highest BCUT2D eigenvalue weighted by molar-refractivity contribution is 6.33. The number of nitrogens with one attached hydrogen (secondary N) is 2. The molecule has 1 aromatic rings. The lowest BCUT2D eigenvalue weighted by atomic mass is 9.95. The highest BCUT2D eigenvalue weighted by Gasteiger charge is 2.39. The van der Waals surface area contributed by atoms with E-state index in [1.807, 2.05) is 18.2 Å². The molecule has 1 aromatic carbocycles. The molecule has 2 aliphatic carbocycles. The number of halogens is 1. The van der Waals surface area contributed by atoms with Crippen LogP contribution in [-0.2, 0) is 4.79 Å². The smallest absolute Gasteiger partial charge is 0.238 e. The molecule has 0 radical (unpaired) electrons. The molecule has 1 amide bonds. The molecule has 0 aromatic heterocycles. The van der Waals surface area contributed by atoms with Gasteiger partial charge < -0.3 is 10.6 Å². The Balaban J connectivity index is 1.48. The second-order valence-corrected chi connectivity index (χ2v) is 6.10. The summed E-state index contributed by atoms with van der Waals surface area (Å²) in [5.41, 5.74) is 0.684. The number of hydrogen-bond acceptors (Lipinski definition) is 2. The molecule has 3 rings (SSSR count). The predicted molar refractivity (Wildman–Crippen MR) is 77.3 cm³/mol. The van der Waals surface area contributed by atoms with Crippen LogP contribution in [0.4, 0.5) is 5.69 Å². The maximum Gasteiger partial charge on any atom is 0.238 e. The van der Waals surface area contributed by atoms with Gasteiger partial charge in [-0.2, -0.15) is 0 Å². The molecule has 2 bridgehead atoms. The lowest BCUT2D eigenvalue weighted by Gasteiger charge is -2.22. The van der Waals surface area contributed by atoms with E-state index >= 15 is 0 Å². The normalized spacial score (nSPS) is 28.6. The molecular weight excluding hydrogens is 260 g/mol. The summed E-state index contributed by atoms with van der Waals surface area (Å²) in [6.07, 6.45) is 5.30. The minimum Gasteiger partial charge on any atom is -0.324 e. The Bertz CT molecular complexity index is 477. The van der Waals surface area contributed by atoms with E-state index in [1.165, 1.54) is 25.7 Å². The fourth-order valence-electron chi connectivity index (χ4n) is 3.48. The quantitative estimate of drug-likeness (QED) is 0.889. The Labute approximate surface area is 118 Å². The van der Waals surface area contributed by atoms with Crippen LogP contribution in [0.15, 0.2) is 24.3 Å². The van der Waals surface area contributed by atoms with E-state index in [0.29, 0.717) is 23.3 Å². The van der Waals surface area contributed by atoms with Gasteiger partial charge in [0.15, 0.2) is 0 Å². The maximum absolute atomic E-state index is 11.9. The minimum absolute atomic E-state index is 0.0177. The molecule has 0 saturated heterocycles. The molecule has 2 N–H and O–H groups in total. The number of anilines is 1. The van der Waals surface area contributed by atoms with Crippen molar-refractivity contribution < 1.29 is 4.79 Å². The van der Waals surface area contributed by atoms with Crippen LogP contribution in [0, 0.1) is 11.8 Å². The minimum atomic E-state index is -0.0177. The van der Waals surface area contributed by atoms with Gasteiger partial charge in [-0.15, -0.1) is 0 Å². The number of amides is 1. The first-order chi connectivity index (χ1) is 9.22. The van der Waals surface area contributed by atoms with Gasteiger partial charge in [0, 0.05) is 6.04 Å².